The minimum Gasteiger partial charge on any atom is -0.352 e. The summed E-state index contributed by atoms with van der Waals surface area (Å²) in [4.78, 5) is 41.9. The van der Waals surface area contributed by atoms with E-state index in [1.807, 2.05) is 37.3 Å². The number of aryl methyl sites for hydroxylation is 1. The minimum absolute atomic E-state index is 0.103. The zero-order valence-corrected chi connectivity index (χ0v) is 22.4. The number of sulfone groups is 1. The zero-order valence-electron chi connectivity index (χ0n) is 20.8. The van der Waals surface area contributed by atoms with Gasteiger partial charge in [0.2, 0.25) is 11.8 Å². The number of nitrogens with zero attached hydrogens (tertiary/aromatic N) is 1. The molecule has 1 aromatic heterocycles. The number of nitrogens with one attached hydrogen (secondary N) is 3. The van der Waals surface area contributed by atoms with E-state index in [0.29, 0.717) is 17.6 Å². The van der Waals surface area contributed by atoms with E-state index in [2.05, 4.69) is 20.9 Å². The van der Waals surface area contributed by atoms with E-state index in [-0.39, 0.29) is 29.4 Å². The van der Waals surface area contributed by atoms with Gasteiger partial charge in [0.05, 0.1) is 22.0 Å². The van der Waals surface area contributed by atoms with Crippen molar-refractivity contribution in [1.29, 1.82) is 0 Å². The zero-order chi connectivity index (χ0) is 26.5. The molecule has 0 spiro atoms. The van der Waals surface area contributed by atoms with Crippen molar-refractivity contribution in [2.24, 2.45) is 0 Å². The highest BCUT2D eigenvalue weighted by Gasteiger charge is 2.39. The summed E-state index contributed by atoms with van der Waals surface area (Å²) in [7, 11) is -3.92. The highest BCUT2D eigenvalue weighted by atomic mass is 32.2. The van der Waals surface area contributed by atoms with Gasteiger partial charge in [-0.3, -0.25) is 14.4 Å². The number of rotatable bonds is 8. The minimum atomic E-state index is -3.92. The second kappa shape index (κ2) is 9.53. The molecule has 5 rings (SSSR count). The maximum Gasteiger partial charge on any atom is 0.251 e. The molecule has 1 saturated carbocycles. The normalized spacial score (nSPS) is 15.9. The van der Waals surface area contributed by atoms with Crippen LogP contribution in [0.4, 0.5) is 0 Å². The summed E-state index contributed by atoms with van der Waals surface area (Å²) < 4.78 is 27.2. The fraction of sp³-hybridized carbons (Fsp3) is 0.385. The van der Waals surface area contributed by atoms with E-state index in [4.69, 9.17) is 0 Å². The molecule has 9 nitrogen and oxygen atoms in total. The molecule has 1 aliphatic carbocycles. The van der Waals surface area contributed by atoms with E-state index >= 15 is 0 Å². The van der Waals surface area contributed by atoms with Crippen molar-refractivity contribution in [1.82, 2.24) is 20.9 Å². The van der Waals surface area contributed by atoms with E-state index in [1.54, 1.807) is 0 Å². The first-order chi connectivity index (χ1) is 17.5. The SMILES string of the molecule is Cc1cc2nc(C(C(=O)NCC(=O)NC3CC3)S(=O)(=O)C(C)C)sc2cc1-c1ccc2c(c1)C(=O)NC2. The number of aromatic nitrogens is 1. The van der Waals surface area contributed by atoms with Crippen molar-refractivity contribution < 1.29 is 22.8 Å². The number of thiazole rings is 1. The number of amides is 3. The summed E-state index contributed by atoms with van der Waals surface area (Å²) in [5.74, 6) is -1.21. The summed E-state index contributed by atoms with van der Waals surface area (Å²) in [6.45, 7) is 5.19. The van der Waals surface area contributed by atoms with Gasteiger partial charge in [-0.05, 0) is 74.1 Å². The maximum absolute atomic E-state index is 13.2. The van der Waals surface area contributed by atoms with Crippen molar-refractivity contribution in [2.75, 3.05) is 6.54 Å². The first kappa shape index (κ1) is 25.3. The summed E-state index contributed by atoms with van der Waals surface area (Å²) in [6, 6.07) is 9.67. The van der Waals surface area contributed by atoms with E-state index < -0.39 is 26.2 Å². The predicted molar refractivity (Wildman–Crippen MR) is 142 cm³/mol. The van der Waals surface area contributed by atoms with Crippen molar-refractivity contribution in [3.8, 4) is 11.1 Å². The molecule has 3 N–H and O–H groups in total. The molecule has 1 atom stereocenters. The van der Waals surface area contributed by atoms with E-state index in [1.165, 1.54) is 13.8 Å². The molecule has 3 amide bonds. The Kier molecular flexibility index (Phi) is 6.53. The Morgan fingerprint density at radius 1 is 1.16 bits per heavy atom. The van der Waals surface area contributed by atoms with Gasteiger partial charge in [0.15, 0.2) is 15.1 Å². The highest BCUT2D eigenvalue weighted by molar-refractivity contribution is 7.93. The van der Waals surface area contributed by atoms with Gasteiger partial charge in [0.1, 0.15) is 5.01 Å². The molecular formula is C26H28N4O5S2. The Bertz CT molecular complexity index is 1540. The molecule has 0 bridgehead atoms. The van der Waals surface area contributed by atoms with Crippen LogP contribution in [0, 0.1) is 6.92 Å². The number of fused-ring (bicyclic) bond motifs is 2. The van der Waals surface area contributed by atoms with Crippen LogP contribution in [0.2, 0.25) is 0 Å². The summed E-state index contributed by atoms with van der Waals surface area (Å²) in [6.07, 6.45) is 1.83. The molecule has 3 aromatic rings. The number of hydrogen-bond acceptors (Lipinski definition) is 7. The molecule has 2 aromatic carbocycles. The van der Waals surface area contributed by atoms with Crippen LogP contribution >= 0.6 is 11.3 Å². The Morgan fingerprint density at radius 2 is 1.92 bits per heavy atom. The van der Waals surface area contributed by atoms with Gasteiger partial charge in [0.25, 0.3) is 5.91 Å². The number of carbonyl (C=O) groups is 3. The van der Waals surface area contributed by atoms with Crippen molar-refractivity contribution in [3.63, 3.8) is 0 Å². The monoisotopic (exact) mass is 540 g/mol. The molecule has 37 heavy (non-hydrogen) atoms. The third-order valence-corrected chi connectivity index (χ3v) is 10.3. The lowest BCUT2D eigenvalue weighted by Gasteiger charge is -2.17. The lowest BCUT2D eigenvalue weighted by Crippen LogP contribution is -2.42. The second-order valence-electron chi connectivity index (χ2n) is 9.82. The Balaban J connectivity index is 1.49. The summed E-state index contributed by atoms with van der Waals surface area (Å²) >= 11 is 1.15. The average molecular weight is 541 g/mol. The van der Waals surface area contributed by atoms with Crippen LogP contribution < -0.4 is 16.0 Å². The van der Waals surface area contributed by atoms with Crippen LogP contribution in [-0.2, 0) is 26.0 Å². The van der Waals surface area contributed by atoms with Crippen molar-refractivity contribution in [3.05, 3.63) is 52.0 Å². The van der Waals surface area contributed by atoms with Crippen LogP contribution in [0.25, 0.3) is 21.3 Å². The number of carbonyl (C=O) groups excluding carboxylic acids is 3. The fourth-order valence-corrected chi connectivity index (χ4v) is 7.12. The first-order valence-corrected chi connectivity index (χ1v) is 14.6. The Morgan fingerprint density at radius 3 is 2.62 bits per heavy atom. The maximum atomic E-state index is 13.2. The van der Waals surface area contributed by atoms with Gasteiger partial charge in [0, 0.05) is 18.2 Å². The second-order valence-corrected chi connectivity index (χ2v) is 13.5. The van der Waals surface area contributed by atoms with E-state index in [0.717, 1.165) is 51.1 Å². The molecule has 2 heterocycles. The topological polar surface area (TPSA) is 134 Å². The lowest BCUT2D eigenvalue weighted by atomic mass is 9.97. The molecule has 0 radical (unpaired) electrons. The summed E-state index contributed by atoms with van der Waals surface area (Å²) in [5, 5.41) is 5.92. The number of hydrogen-bond donors (Lipinski definition) is 3. The van der Waals surface area contributed by atoms with Gasteiger partial charge in [-0.2, -0.15) is 0 Å². The van der Waals surface area contributed by atoms with Gasteiger partial charge in [-0.15, -0.1) is 11.3 Å². The van der Waals surface area contributed by atoms with Crippen molar-refractivity contribution in [2.45, 2.75) is 56.7 Å². The van der Waals surface area contributed by atoms with Crippen LogP contribution in [-0.4, -0.2) is 49.0 Å². The van der Waals surface area contributed by atoms with Crippen LogP contribution in [0.15, 0.2) is 30.3 Å². The smallest absolute Gasteiger partial charge is 0.251 e. The third-order valence-electron chi connectivity index (χ3n) is 6.67. The largest absolute Gasteiger partial charge is 0.352 e. The third kappa shape index (κ3) is 4.97. The molecule has 2 aliphatic rings. The first-order valence-electron chi connectivity index (χ1n) is 12.2. The Labute approximate surface area is 219 Å². The molecule has 1 unspecified atom stereocenters. The van der Waals surface area contributed by atoms with Crippen LogP contribution in [0.5, 0.6) is 0 Å². The van der Waals surface area contributed by atoms with Gasteiger partial charge in [-0.1, -0.05) is 12.1 Å². The fourth-order valence-electron chi connectivity index (χ4n) is 4.34. The van der Waals surface area contributed by atoms with Gasteiger partial charge >= 0.3 is 0 Å². The molecule has 1 fully saturated rings. The lowest BCUT2D eigenvalue weighted by molar-refractivity contribution is -0.126. The highest BCUT2D eigenvalue weighted by Crippen LogP contribution is 2.37. The van der Waals surface area contributed by atoms with E-state index in [9.17, 15) is 22.8 Å². The van der Waals surface area contributed by atoms with Crippen LogP contribution in [0.3, 0.4) is 0 Å². The standard InChI is InChI=1S/C26H28N4O5S2/c1-13(2)37(34,35)23(25(33)28-12-22(31)29-17-6-7-17)26-30-20-8-14(3)18(10-21(20)36-26)15-4-5-16-11-27-24(32)19(16)9-15/h4-5,8-10,13,17,23H,6-7,11-12H2,1-3H3,(H,27,32)(H,28,33)(H,29,31). The molecular weight excluding hydrogens is 512 g/mol. The predicted octanol–water partition coefficient (Wildman–Crippen LogP) is 2.77. The molecule has 194 valence electrons. The van der Waals surface area contributed by atoms with Gasteiger partial charge < -0.3 is 16.0 Å². The Hall–Kier alpha value is -3.31. The van der Waals surface area contributed by atoms with Crippen LogP contribution in [0.1, 0.15) is 58.4 Å². The average Bonchev–Trinajstić information content (AvgIpc) is 3.45. The van der Waals surface area contributed by atoms with Crippen molar-refractivity contribution >= 4 is 49.1 Å². The molecule has 0 saturated heterocycles. The molecule has 1 aliphatic heterocycles. The van der Waals surface area contributed by atoms with Gasteiger partial charge in [-0.25, -0.2) is 13.4 Å². The number of benzene rings is 2. The summed E-state index contributed by atoms with van der Waals surface area (Å²) in [5.41, 5.74) is 4.86. The quantitative estimate of drug-likeness (QED) is 0.402. The molecule has 11 heteroatoms.